The first kappa shape index (κ1) is 19.4. The van der Waals surface area contributed by atoms with Crippen LogP contribution in [0.1, 0.15) is 69.4 Å². The molecule has 0 fully saturated rings. The zero-order valence-corrected chi connectivity index (χ0v) is 17.1. The quantitative estimate of drug-likeness (QED) is 0.641. The summed E-state index contributed by atoms with van der Waals surface area (Å²) in [7, 11) is 0. The summed E-state index contributed by atoms with van der Waals surface area (Å²) in [5, 5.41) is 21.1. The Hall–Kier alpha value is -1.96. The molecule has 2 aromatic carbocycles. The van der Waals surface area contributed by atoms with Crippen molar-refractivity contribution in [2.75, 3.05) is 0 Å². The number of hydrogen-bond donors (Lipinski definition) is 2. The molecule has 0 amide bonds. The van der Waals surface area contributed by atoms with Crippen LogP contribution in [0.2, 0.25) is 0 Å². The number of aromatic hydroxyl groups is 2. The average molecular weight is 341 g/mol. The molecule has 0 aromatic heterocycles. The van der Waals surface area contributed by atoms with E-state index < -0.39 is 0 Å². The van der Waals surface area contributed by atoms with Crippen LogP contribution in [-0.4, -0.2) is 10.2 Å². The van der Waals surface area contributed by atoms with Crippen LogP contribution in [0.4, 0.5) is 0 Å². The van der Waals surface area contributed by atoms with Gasteiger partial charge < -0.3 is 10.2 Å². The Labute approximate surface area is 152 Å². The van der Waals surface area contributed by atoms with E-state index in [1.807, 2.05) is 26.8 Å². The van der Waals surface area contributed by atoms with Gasteiger partial charge in [0.25, 0.3) is 0 Å². The Morgan fingerprint density at radius 2 is 1.08 bits per heavy atom. The van der Waals surface area contributed by atoms with Gasteiger partial charge in [-0.05, 0) is 77.6 Å². The van der Waals surface area contributed by atoms with Crippen molar-refractivity contribution in [2.45, 2.75) is 73.1 Å². The average Bonchev–Trinajstić information content (AvgIpc) is 2.47. The first-order valence-corrected chi connectivity index (χ1v) is 8.93. The fourth-order valence-electron chi connectivity index (χ4n) is 3.30. The third-order valence-corrected chi connectivity index (χ3v) is 5.09. The van der Waals surface area contributed by atoms with Crippen LogP contribution in [0.15, 0.2) is 18.2 Å². The van der Waals surface area contributed by atoms with Gasteiger partial charge in [0, 0.05) is 11.1 Å². The zero-order valence-electron chi connectivity index (χ0n) is 17.1. The molecule has 2 N–H and O–H groups in total. The zero-order chi connectivity index (χ0) is 19.3. The van der Waals surface area contributed by atoms with Crippen molar-refractivity contribution in [1.82, 2.24) is 0 Å². The van der Waals surface area contributed by atoms with E-state index in [0.29, 0.717) is 11.5 Å². The van der Waals surface area contributed by atoms with Crippen LogP contribution >= 0.6 is 0 Å². The molecule has 136 valence electrons. The highest BCUT2D eigenvalue weighted by atomic mass is 16.3. The fourth-order valence-corrected chi connectivity index (χ4v) is 3.30. The molecule has 0 heterocycles. The summed E-state index contributed by atoms with van der Waals surface area (Å²) in [6.07, 6.45) is 0. The van der Waals surface area contributed by atoms with Crippen molar-refractivity contribution in [3.63, 3.8) is 0 Å². The summed E-state index contributed by atoms with van der Waals surface area (Å²) in [4.78, 5) is 0. The summed E-state index contributed by atoms with van der Waals surface area (Å²) in [6, 6.07) is 6.24. The van der Waals surface area contributed by atoms with Gasteiger partial charge in [0.05, 0.1) is 0 Å². The molecule has 2 aromatic rings. The second kappa shape index (κ2) is 6.09. The number of aryl methyl sites for hydroxylation is 1. The Bertz CT molecular complexity index is 780. The highest BCUT2D eigenvalue weighted by Gasteiger charge is 2.27. The molecule has 2 nitrogen and oxygen atoms in total. The standard InChI is InChI=1S/C23H32O2/c1-13-10-17(14(2)15(3)20(13)24)16-11-18(22(4,5)6)21(25)19(12-16)23(7,8)9/h10-12,24-25H,1-9H3. The summed E-state index contributed by atoms with van der Waals surface area (Å²) in [5.41, 5.74) is 6.67. The number of rotatable bonds is 1. The van der Waals surface area contributed by atoms with Gasteiger partial charge in [-0.3, -0.25) is 0 Å². The van der Waals surface area contributed by atoms with Crippen molar-refractivity contribution in [3.05, 3.63) is 46.0 Å². The highest BCUT2D eigenvalue weighted by Crippen LogP contribution is 2.43. The molecule has 0 aliphatic carbocycles. The molecule has 0 unspecified atom stereocenters. The van der Waals surface area contributed by atoms with E-state index in [9.17, 15) is 10.2 Å². The van der Waals surface area contributed by atoms with E-state index >= 15 is 0 Å². The first-order chi connectivity index (χ1) is 11.2. The summed E-state index contributed by atoms with van der Waals surface area (Å²) < 4.78 is 0. The van der Waals surface area contributed by atoms with Crippen molar-refractivity contribution in [3.8, 4) is 22.6 Å². The molecule has 2 rings (SSSR count). The Morgan fingerprint density at radius 3 is 1.48 bits per heavy atom. The molecule has 0 bridgehead atoms. The molecule has 0 radical (unpaired) electrons. The molecule has 0 atom stereocenters. The first-order valence-electron chi connectivity index (χ1n) is 8.93. The van der Waals surface area contributed by atoms with Gasteiger partial charge in [-0.2, -0.15) is 0 Å². The number of hydrogen-bond acceptors (Lipinski definition) is 2. The van der Waals surface area contributed by atoms with Crippen LogP contribution in [0.25, 0.3) is 11.1 Å². The topological polar surface area (TPSA) is 40.5 Å². The predicted molar refractivity (Wildman–Crippen MR) is 107 cm³/mol. The lowest BCUT2D eigenvalue weighted by Gasteiger charge is -2.28. The third-order valence-electron chi connectivity index (χ3n) is 5.09. The molecule has 2 heteroatoms. The minimum Gasteiger partial charge on any atom is -0.507 e. The number of phenols is 2. The normalized spacial score (nSPS) is 12.5. The van der Waals surface area contributed by atoms with E-state index in [0.717, 1.165) is 38.9 Å². The maximum absolute atomic E-state index is 10.9. The van der Waals surface area contributed by atoms with Gasteiger partial charge in [0.15, 0.2) is 0 Å². The second-order valence-corrected chi connectivity index (χ2v) is 9.26. The fraction of sp³-hybridized carbons (Fsp3) is 0.478. The molecular formula is C23H32O2. The van der Waals surface area contributed by atoms with Crippen LogP contribution in [-0.2, 0) is 10.8 Å². The minimum absolute atomic E-state index is 0.158. The molecule has 0 saturated carbocycles. The van der Waals surface area contributed by atoms with Gasteiger partial charge in [-0.25, -0.2) is 0 Å². The summed E-state index contributed by atoms with van der Waals surface area (Å²) in [5.74, 6) is 0.765. The SMILES string of the molecule is Cc1cc(-c2cc(C(C)(C)C)c(O)c(C(C)(C)C)c2)c(C)c(C)c1O. The maximum atomic E-state index is 10.9. The lowest BCUT2D eigenvalue weighted by atomic mass is 9.77. The van der Waals surface area contributed by atoms with Crippen molar-refractivity contribution in [1.29, 1.82) is 0 Å². The summed E-state index contributed by atoms with van der Waals surface area (Å²) in [6.45, 7) is 18.7. The largest absolute Gasteiger partial charge is 0.507 e. The van der Waals surface area contributed by atoms with E-state index in [1.165, 1.54) is 0 Å². The predicted octanol–water partition coefficient (Wildman–Crippen LogP) is 6.29. The molecule has 0 spiro atoms. The van der Waals surface area contributed by atoms with Gasteiger partial charge in [-0.1, -0.05) is 41.5 Å². The lowest BCUT2D eigenvalue weighted by Crippen LogP contribution is -2.17. The Morgan fingerprint density at radius 1 is 0.640 bits per heavy atom. The Kier molecular flexibility index (Phi) is 4.71. The van der Waals surface area contributed by atoms with Gasteiger partial charge in [-0.15, -0.1) is 0 Å². The van der Waals surface area contributed by atoms with Crippen LogP contribution in [0.5, 0.6) is 11.5 Å². The van der Waals surface area contributed by atoms with Gasteiger partial charge in [0.1, 0.15) is 11.5 Å². The third kappa shape index (κ3) is 3.53. The number of benzene rings is 2. The Balaban J connectivity index is 2.89. The molecule has 0 aliphatic rings. The highest BCUT2D eigenvalue weighted by molar-refractivity contribution is 5.74. The second-order valence-electron chi connectivity index (χ2n) is 9.26. The van der Waals surface area contributed by atoms with Gasteiger partial charge >= 0.3 is 0 Å². The molecule has 0 aliphatic heterocycles. The van der Waals surface area contributed by atoms with Gasteiger partial charge in [0.2, 0.25) is 0 Å². The van der Waals surface area contributed by atoms with Crippen LogP contribution in [0, 0.1) is 20.8 Å². The molecule has 0 saturated heterocycles. The lowest BCUT2D eigenvalue weighted by molar-refractivity contribution is 0.423. The van der Waals surface area contributed by atoms with Crippen molar-refractivity contribution < 1.29 is 10.2 Å². The van der Waals surface area contributed by atoms with Crippen LogP contribution in [0.3, 0.4) is 0 Å². The smallest absolute Gasteiger partial charge is 0.123 e. The summed E-state index contributed by atoms with van der Waals surface area (Å²) >= 11 is 0. The minimum atomic E-state index is -0.158. The van der Waals surface area contributed by atoms with E-state index in [1.54, 1.807) is 0 Å². The monoisotopic (exact) mass is 340 g/mol. The van der Waals surface area contributed by atoms with E-state index in [2.05, 4.69) is 53.7 Å². The van der Waals surface area contributed by atoms with E-state index in [-0.39, 0.29) is 10.8 Å². The molecule has 25 heavy (non-hydrogen) atoms. The van der Waals surface area contributed by atoms with Crippen molar-refractivity contribution in [2.24, 2.45) is 0 Å². The number of phenolic OH excluding ortho intramolecular Hbond substituents is 2. The van der Waals surface area contributed by atoms with Crippen molar-refractivity contribution >= 4 is 0 Å². The maximum Gasteiger partial charge on any atom is 0.123 e. The molecular weight excluding hydrogens is 308 g/mol. The van der Waals surface area contributed by atoms with Crippen LogP contribution < -0.4 is 0 Å². The van der Waals surface area contributed by atoms with E-state index in [4.69, 9.17) is 0 Å².